The number of carbonyl (C=O) groups excluding carboxylic acids is 1. The first-order valence-electron chi connectivity index (χ1n) is 5.24. The standard InChI is InChI=1S/C12H7F2NO4/c13-12(14)18-8-4-3-6(11(15)16)9(10(8)19-12)7-2-1-5-17-7/h1-5H,(H2,15,16). The number of nitrogens with two attached hydrogens (primary N) is 1. The normalized spacial score (nSPS) is 15.5. The first-order valence-corrected chi connectivity index (χ1v) is 5.24. The zero-order chi connectivity index (χ0) is 13.6. The maximum absolute atomic E-state index is 13.1. The van der Waals surface area contributed by atoms with E-state index in [0.29, 0.717) is 0 Å². The lowest BCUT2D eigenvalue weighted by atomic mass is 10.0. The summed E-state index contributed by atoms with van der Waals surface area (Å²) in [6.07, 6.45) is -2.44. The van der Waals surface area contributed by atoms with Crippen LogP contribution >= 0.6 is 0 Å². The summed E-state index contributed by atoms with van der Waals surface area (Å²) in [6, 6.07) is 5.53. The molecule has 19 heavy (non-hydrogen) atoms. The van der Waals surface area contributed by atoms with Gasteiger partial charge >= 0.3 is 6.29 Å². The molecule has 0 fully saturated rings. The molecule has 0 saturated carbocycles. The minimum atomic E-state index is -3.78. The molecule has 1 aromatic carbocycles. The molecule has 1 aromatic heterocycles. The van der Waals surface area contributed by atoms with E-state index in [1.165, 1.54) is 24.5 Å². The molecule has 0 radical (unpaired) electrons. The van der Waals surface area contributed by atoms with E-state index in [-0.39, 0.29) is 28.4 Å². The van der Waals surface area contributed by atoms with Crippen LogP contribution in [0.3, 0.4) is 0 Å². The second kappa shape index (κ2) is 3.71. The Morgan fingerprint density at radius 3 is 2.63 bits per heavy atom. The van der Waals surface area contributed by atoms with Gasteiger partial charge in [0.15, 0.2) is 11.5 Å². The highest BCUT2D eigenvalue weighted by molar-refractivity contribution is 6.01. The number of furan rings is 1. The second-order valence-corrected chi connectivity index (χ2v) is 3.82. The number of benzene rings is 1. The van der Waals surface area contributed by atoms with Crippen molar-refractivity contribution in [3.8, 4) is 22.8 Å². The number of amides is 1. The van der Waals surface area contributed by atoms with E-state index in [9.17, 15) is 13.6 Å². The van der Waals surface area contributed by atoms with Gasteiger partial charge in [-0.25, -0.2) is 0 Å². The van der Waals surface area contributed by atoms with Crippen LogP contribution in [0, 0.1) is 0 Å². The van der Waals surface area contributed by atoms with Crippen LogP contribution in [0.1, 0.15) is 10.4 Å². The molecule has 1 aliphatic rings. The number of fused-ring (bicyclic) bond motifs is 1. The van der Waals surface area contributed by atoms with Crippen molar-refractivity contribution < 1.29 is 27.5 Å². The smallest absolute Gasteiger partial charge is 0.464 e. The Bertz CT molecular complexity index is 652. The quantitative estimate of drug-likeness (QED) is 0.906. The molecular weight excluding hydrogens is 260 g/mol. The molecule has 5 nitrogen and oxygen atoms in total. The Morgan fingerprint density at radius 2 is 2.00 bits per heavy atom. The van der Waals surface area contributed by atoms with Gasteiger partial charge in [0.05, 0.1) is 17.4 Å². The van der Waals surface area contributed by atoms with Crippen molar-refractivity contribution in [2.45, 2.75) is 6.29 Å². The predicted octanol–water partition coefficient (Wildman–Crippen LogP) is 2.37. The van der Waals surface area contributed by atoms with Gasteiger partial charge in [0.1, 0.15) is 5.76 Å². The maximum atomic E-state index is 13.1. The topological polar surface area (TPSA) is 74.7 Å². The van der Waals surface area contributed by atoms with Crippen molar-refractivity contribution in [1.29, 1.82) is 0 Å². The number of alkyl halides is 2. The first kappa shape index (κ1) is 11.5. The summed E-state index contributed by atoms with van der Waals surface area (Å²) in [5, 5.41) is 0. The van der Waals surface area contributed by atoms with Crippen molar-refractivity contribution in [2.24, 2.45) is 5.73 Å². The first-order chi connectivity index (χ1) is 8.98. The van der Waals surface area contributed by atoms with Crippen LogP contribution in [-0.4, -0.2) is 12.2 Å². The number of hydrogen-bond donors (Lipinski definition) is 1. The molecule has 0 spiro atoms. The monoisotopic (exact) mass is 267 g/mol. The lowest BCUT2D eigenvalue weighted by Crippen LogP contribution is -2.26. The molecule has 3 rings (SSSR count). The summed E-state index contributed by atoms with van der Waals surface area (Å²) >= 11 is 0. The van der Waals surface area contributed by atoms with Gasteiger partial charge in [-0.05, 0) is 24.3 Å². The van der Waals surface area contributed by atoms with Crippen LogP contribution in [0.2, 0.25) is 0 Å². The molecule has 0 aliphatic carbocycles. The van der Waals surface area contributed by atoms with E-state index < -0.39 is 12.2 Å². The second-order valence-electron chi connectivity index (χ2n) is 3.82. The minimum absolute atomic E-state index is 0.00926. The number of ether oxygens (including phenoxy) is 2. The Kier molecular flexibility index (Phi) is 2.25. The van der Waals surface area contributed by atoms with E-state index in [1.807, 2.05) is 0 Å². The fourth-order valence-electron chi connectivity index (χ4n) is 1.88. The molecule has 2 aromatic rings. The predicted molar refractivity (Wildman–Crippen MR) is 58.9 cm³/mol. The largest absolute Gasteiger partial charge is 0.586 e. The maximum Gasteiger partial charge on any atom is 0.586 e. The third kappa shape index (κ3) is 1.79. The number of hydrogen-bond acceptors (Lipinski definition) is 4. The van der Waals surface area contributed by atoms with E-state index in [1.54, 1.807) is 6.07 Å². The Balaban J connectivity index is 2.26. The fraction of sp³-hybridized carbons (Fsp3) is 0.0833. The highest BCUT2D eigenvalue weighted by atomic mass is 19.3. The van der Waals surface area contributed by atoms with Crippen LogP contribution in [0.5, 0.6) is 11.5 Å². The van der Waals surface area contributed by atoms with Gasteiger partial charge in [0, 0.05) is 0 Å². The number of primary amides is 1. The molecule has 1 amide bonds. The van der Waals surface area contributed by atoms with Gasteiger partial charge in [0.25, 0.3) is 0 Å². The fourth-order valence-corrected chi connectivity index (χ4v) is 1.88. The Labute approximate surface area is 105 Å². The number of halogens is 2. The zero-order valence-electron chi connectivity index (χ0n) is 9.35. The van der Waals surface area contributed by atoms with Gasteiger partial charge in [-0.1, -0.05) is 0 Å². The van der Waals surface area contributed by atoms with Crippen molar-refractivity contribution in [3.63, 3.8) is 0 Å². The van der Waals surface area contributed by atoms with Gasteiger partial charge in [-0.15, -0.1) is 8.78 Å². The number of rotatable bonds is 2. The van der Waals surface area contributed by atoms with Crippen LogP contribution in [0.15, 0.2) is 34.9 Å². The molecule has 7 heteroatoms. The SMILES string of the molecule is NC(=O)c1ccc2c(c1-c1ccco1)OC(F)(F)O2. The minimum Gasteiger partial charge on any atom is -0.464 e. The van der Waals surface area contributed by atoms with Gasteiger partial charge in [0.2, 0.25) is 5.91 Å². The molecule has 0 saturated heterocycles. The van der Waals surface area contributed by atoms with Crippen LogP contribution < -0.4 is 15.2 Å². The molecule has 1 aliphatic heterocycles. The van der Waals surface area contributed by atoms with Crippen molar-refractivity contribution >= 4 is 5.91 Å². The summed E-state index contributed by atoms with van der Waals surface area (Å²) in [6.45, 7) is 0. The molecule has 2 N–H and O–H groups in total. The van der Waals surface area contributed by atoms with Gasteiger partial charge < -0.3 is 19.6 Å². The van der Waals surface area contributed by atoms with Crippen LogP contribution in [0.25, 0.3) is 11.3 Å². The zero-order valence-corrected chi connectivity index (χ0v) is 9.35. The van der Waals surface area contributed by atoms with E-state index in [0.717, 1.165) is 0 Å². The molecule has 0 unspecified atom stereocenters. The summed E-state index contributed by atoms with van der Waals surface area (Å²) < 4.78 is 40.1. The van der Waals surface area contributed by atoms with Crippen molar-refractivity contribution in [2.75, 3.05) is 0 Å². The molecule has 2 heterocycles. The highest BCUT2D eigenvalue weighted by Gasteiger charge is 2.45. The molecule has 0 atom stereocenters. The number of carbonyl (C=O) groups is 1. The average molecular weight is 267 g/mol. The van der Waals surface area contributed by atoms with Gasteiger partial charge in [-0.3, -0.25) is 4.79 Å². The van der Waals surface area contributed by atoms with Crippen LogP contribution in [-0.2, 0) is 0 Å². The Hall–Kier alpha value is -2.57. The lowest BCUT2D eigenvalue weighted by Gasteiger charge is -2.08. The third-order valence-corrected chi connectivity index (χ3v) is 2.60. The third-order valence-electron chi connectivity index (χ3n) is 2.60. The summed E-state index contributed by atoms with van der Waals surface area (Å²) in [4.78, 5) is 11.4. The van der Waals surface area contributed by atoms with E-state index in [2.05, 4.69) is 9.47 Å². The highest BCUT2D eigenvalue weighted by Crippen LogP contribution is 2.48. The molecular formula is C12H7F2NO4. The Morgan fingerprint density at radius 1 is 1.21 bits per heavy atom. The average Bonchev–Trinajstić information content (AvgIpc) is 2.91. The van der Waals surface area contributed by atoms with Crippen molar-refractivity contribution in [1.82, 2.24) is 0 Å². The van der Waals surface area contributed by atoms with E-state index >= 15 is 0 Å². The summed E-state index contributed by atoms with van der Waals surface area (Å²) in [5.41, 5.74) is 5.28. The van der Waals surface area contributed by atoms with Gasteiger partial charge in [-0.2, -0.15) is 0 Å². The summed E-state index contributed by atoms with van der Waals surface area (Å²) in [7, 11) is 0. The lowest BCUT2D eigenvalue weighted by molar-refractivity contribution is -0.286. The summed E-state index contributed by atoms with van der Waals surface area (Å²) in [5.74, 6) is -1.04. The molecule has 98 valence electrons. The van der Waals surface area contributed by atoms with Crippen LogP contribution in [0.4, 0.5) is 8.78 Å². The van der Waals surface area contributed by atoms with Crippen molar-refractivity contribution in [3.05, 3.63) is 36.1 Å². The van der Waals surface area contributed by atoms with E-state index in [4.69, 9.17) is 10.2 Å². The molecule has 0 bridgehead atoms.